The molecule has 0 radical (unpaired) electrons. The Labute approximate surface area is 101 Å². The number of hydrogen-bond acceptors (Lipinski definition) is 3. The van der Waals surface area contributed by atoms with E-state index in [0.29, 0.717) is 6.42 Å². The number of hydrogen-bond donors (Lipinski definition) is 2. The summed E-state index contributed by atoms with van der Waals surface area (Å²) in [4.78, 5) is 11.2. The van der Waals surface area contributed by atoms with Crippen LogP contribution in [0.1, 0.15) is 19.4 Å². The lowest BCUT2D eigenvalue weighted by Crippen LogP contribution is -2.41. The van der Waals surface area contributed by atoms with Crippen molar-refractivity contribution in [2.45, 2.75) is 26.3 Å². The molecule has 4 nitrogen and oxygen atoms in total. The van der Waals surface area contributed by atoms with E-state index in [9.17, 15) is 9.90 Å². The van der Waals surface area contributed by atoms with Gasteiger partial charge in [-0.2, -0.15) is 0 Å². The number of carbonyl (C=O) groups is 1. The molecule has 0 spiro atoms. The standard InChI is InChI=1S/C13H17NO3/c1-13(2,12(15)16)11-7-8-6-9(17-3)4-5-10(8)14-11/h4-6,11,14H,7H2,1-3H3,(H,15,16). The van der Waals surface area contributed by atoms with Crippen molar-refractivity contribution in [2.24, 2.45) is 5.41 Å². The third-order valence-corrected chi connectivity index (χ3v) is 3.49. The Bertz CT molecular complexity index is 454. The highest BCUT2D eigenvalue weighted by Gasteiger charge is 2.40. The van der Waals surface area contributed by atoms with Gasteiger partial charge in [0.1, 0.15) is 5.75 Å². The zero-order valence-corrected chi connectivity index (χ0v) is 10.3. The van der Waals surface area contributed by atoms with Gasteiger partial charge >= 0.3 is 5.97 Å². The minimum absolute atomic E-state index is 0.0814. The molecule has 0 fully saturated rings. The molecule has 0 aromatic heterocycles. The zero-order valence-electron chi connectivity index (χ0n) is 10.3. The number of anilines is 1. The van der Waals surface area contributed by atoms with Crippen LogP contribution in [0.5, 0.6) is 5.75 Å². The summed E-state index contributed by atoms with van der Waals surface area (Å²) in [6, 6.07) is 5.69. The number of carboxylic acid groups (broad SMARTS) is 1. The lowest BCUT2D eigenvalue weighted by molar-refractivity contribution is -0.147. The van der Waals surface area contributed by atoms with Gasteiger partial charge in [-0.05, 0) is 44.0 Å². The monoisotopic (exact) mass is 235 g/mol. The largest absolute Gasteiger partial charge is 0.497 e. The van der Waals surface area contributed by atoms with Crippen molar-refractivity contribution >= 4 is 11.7 Å². The summed E-state index contributed by atoms with van der Waals surface area (Å²) in [7, 11) is 1.63. The molecule has 0 saturated carbocycles. The minimum Gasteiger partial charge on any atom is -0.497 e. The molecule has 1 unspecified atom stereocenters. The fourth-order valence-corrected chi connectivity index (χ4v) is 2.05. The molecular formula is C13H17NO3. The zero-order chi connectivity index (χ0) is 12.6. The Balaban J connectivity index is 2.24. The second-order valence-corrected chi connectivity index (χ2v) is 4.95. The summed E-state index contributed by atoms with van der Waals surface area (Å²) in [6.07, 6.45) is 0.714. The molecule has 1 atom stereocenters. The van der Waals surface area contributed by atoms with Crippen LogP contribution in [0.2, 0.25) is 0 Å². The third kappa shape index (κ3) is 1.95. The molecule has 0 amide bonds. The summed E-state index contributed by atoms with van der Waals surface area (Å²) in [5.74, 6) is 0.0223. The van der Waals surface area contributed by atoms with Gasteiger partial charge in [0.15, 0.2) is 0 Å². The van der Waals surface area contributed by atoms with E-state index >= 15 is 0 Å². The van der Waals surface area contributed by atoms with Gasteiger partial charge in [0.25, 0.3) is 0 Å². The van der Waals surface area contributed by atoms with E-state index in [1.54, 1.807) is 21.0 Å². The van der Waals surface area contributed by atoms with E-state index < -0.39 is 11.4 Å². The summed E-state index contributed by atoms with van der Waals surface area (Å²) in [6.45, 7) is 3.49. The Hall–Kier alpha value is -1.71. The first-order chi connectivity index (χ1) is 7.95. The van der Waals surface area contributed by atoms with Gasteiger partial charge in [0.05, 0.1) is 12.5 Å². The van der Waals surface area contributed by atoms with E-state index in [-0.39, 0.29) is 6.04 Å². The Morgan fingerprint density at radius 2 is 2.24 bits per heavy atom. The second-order valence-electron chi connectivity index (χ2n) is 4.95. The van der Waals surface area contributed by atoms with Gasteiger partial charge in [0, 0.05) is 11.7 Å². The molecule has 4 heteroatoms. The first kappa shape index (κ1) is 11.8. The maximum Gasteiger partial charge on any atom is 0.311 e. The highest BCUT2D eigenvalue weighted by molar-refractivity contribution is 5.76. The molecule has 2 N–H and O–H groups in total. The van der Waals surface area contributed by atoms with Crippen molar-refractivity contribution in [1.82, 2.24) is 0 Å². The number of nitrogens with one attached hydrogen (secondary N) is 1. The molecule has 0 aliphatic carbocycles. The van der Waals surface area contributed by atoms with Gasteiger partial charge in [-0.3, -0.25) is 4.79 Å². The van der Waals surface area contributed by atoms with Crippen molar-refractivity contribution < 1.29 is 14.6 Å². The van der Waals surface area contributed by atoms with Crippen molar-refractivity contribution in [1.29, 1.82) is 0 Å². The van der Waals surface area contributed by atoms with Gasteiger partial charge in [-0.1, -0.05) is 0 Å². The minimum atomic E-state index is -0.785. The van der Waals surface area contributed by atoms with Gasteiger partial charge in [-0.25, -0.2) is 0 Å². The van der Waals surface area contributed by atoms with Gasteiger partial charge in [0.2, 0.25) is 0 Å². The summed E-state index contributed by atoms with van der Waals surface area (Å²) >= 11 is 0. The average Bonchev–Trinajstić information content (AvgIpc) is 2.71. The van der Waals surface area contributed by atoms with Gasteiger partial charge in [-0.15, -0.1) is 0 Å². The molecule has 1 aliphatic rings. The molecule has 1 aromatic rings. The molecular weight excluding hydrogens is 218 g/mol. The normalized spacial score (nSPS) is 18.4. The van der Waals surface area contributed by atoms with E-state index in [2.05, 4.69) is 5.32 Å². The first-order valence-electron chi connectivity index (χ1n) is 5.62. The number of ether oxygens (including phenoxy) is 1. The van der Waals surface area contributed by atoms with Crippen LogP contribution in [0.3, 0.4) is 0 Å². The fraction of sp³-hybridized carbons (Fsp3) is 0.462. The summed E-state index contributed by atoms with van der Waals surface area (Å²) in [5.41, 5.74) is 1.33. The maximum absolute atomic E-state index is 11.2. The van der Waals surface area contributed by atoms with E-state index in [4.69, 9.17) is 4.74 Å². The highest BCUT2D eigenvalue weighted by Crippen LogP contribution is 2.36. The van der Waals surface area contributed by atoms with Crippen molar-refractivity contribution in [3.8, 4) is 5.75 Å². The third-order valence-electron chi connectivity index (χ3n) is 3.49. The summed E-state index contributed by atoms with van der Waals surface area (Å²) in [5, 5.41) is 12.5. The van der Waals surface area contributed by atoms with Crippen LogP contribution in [-0.4, -0.2) is 24.2 Å². The van der Waals surface area contributed by atoms with Crippen LogP contribution < -0.4 is 10.1 Å². The number of carboxylic acids is 1. The van der Waals surface area contributed by atoms with Crippen LogP contribution in [0.4, 0.5) is 5.69 Å². The molecule has 1 aliphatic heterocycles. The second kappa shape index (κ2) is 3.95. The fourth-order valence-electron chi connectivity index (χ4n) is 2.05. The molecule has 0 saturated heterocycles. The lowest BCUT2D eigenvalue weighted by Gasteiger charge is -2.27. The SMILES string of the molecule is COc1ccc2c(c1)CC(C(C)(C)C(=O)O)N2. The predicted octanol–water partition coefficient (Wildman–Crippen LogP) is 2.14. The van der Waals surface area contributed by atoms with Crippen LogP contribution in [0.15, 0.2) is 18.2 Å². The molecule has 17 heavy (non-hydrogen) atoms. The maximum atomic E-state index is 11.2. The number of rotatable bonds is 3. The van der Waals surface area contributed by atoms with Crippen molar-refractivity contribution in [3.63, 3.8) is 0 Å². The average molecular weight is 235 g/mol. The topological polar surface area (TPSA) is 58.6 Å². The van der Waals surface area contributed by atoms with E-state index in [1.165, 1.54) is 0 Å². The number of methoxy groups -OCH3 is 1. The molecule has 1 aromatic carbocycles. The lowest BCUT2D eigenvalue weighted by atomic mass is 9.83. The number of benzene rings is 1. The van der Waals surface area contributed by atoms with Crippen LogP contribution in [-0.2, 0) is 11.2 Å². The molecule has 92 valence electrons. The van der Waals surface area contributed by atoms with E-state index in [0.717, 1.165) is 17.0 Å². The highest BCUT2D eigenvalue weighted by atomic mass is 16.5. The first-order valence-corrected chi connectivity index (χ1v) is 5.62. The predicted molar refractivity (Wildman–Crippen MR) is 65.5 cm³/mol. The Kier molecular flexibility index (Phi) is 2.73. The quantitative estimate of drug-likeness (QED) is 0.842. The van der Waals surface area contributed by atoms with Crippen LogP contribution in [0.25, 0.3) is 0 Å². The molecule has 2 rings (SSSR count). The van der Waals surface area contributed by atoms with Crippen molar-refractivity contribution in [2.75, 3.05) is 12.4 Å². The van der Waals surface area contributed by atoms with Crippen molar-refractivity contribution in [3.05, 3.63) is 23.8 Å². The number of fused-ring (bicyclic) bond motifs is 1. The summed E-state index contributed by atoms with van der Waals surface area (Å²) < 4.78 is 5.16. The smallest absolute Gasteiger partial charge is 0.311 e. The number of aliphatic carboxylic acids is 1. The van der Waals surface area contributed by atoms with Crippen LogP contribution in [0, 0.1) is 5.41 Å². The van der Waals surface area contributed by atoms with Crippen LogP contribution >= 0.6 is 0 Å². The Morgan fingerprint density at radius 3 is 2.82 bits per heavy atom. The molecule has 1 heterocycles. The van der Waals surface area contributed by atoms with E-state index in [1.807, 2.05) is 18.2 Å². The van der Waals surface area contributed by atoms with Gasteiger partial charge < -0.3 is 15.2 Å². The molecule has 0 bridgehead atoms. The Morgan fingerprint density at radius 1 is 1.53 bits per heavy atom.